The Morgan fingerprint density at radius 2 is 2.31 bits per heavy atom. The summed E-state index contributed by atoms with van der Waals surface area (Å²) in [5.41, 5.74) is 0. The second-order valence-electron chi connectivity index (χ2n) is 4.27. The standard InChI is InChI=1S/C10H16N2O3S/c1-12-5-4-9(7-12)16(14,15)11-6-10(13)8-2-3-8/h4-5,7-8,10-11,13H,2-3,6H2,1H3. The van der Waals surface area contributed by atoms with Crippen LogP contribution in [0.3, 0.4) is 0 Å². The van der Waals surface area contributed by atoms with Crippen LogP contribution >= 0.6 is 0 Å². The molecule has 0 aliphatic heterocycles. The lowest BCUT2D eigenvalue weighted by atomic mass is 10.2. The molecule has 1 heterocycles. The zero-order valence-corrected chi connectivity index (χ0v) is 9.94. The van der Waals surface area contributed by atoms with E-state index in [1.54, 1.807) is 17.8 Å². The molecule has 90 valence electrons. The van der Waals surface area contributed by atoms with Gasteiger partial charge in [0.2, 0.25) is 10.0 Å². The summed E-state index contributed by atoms with van der Waals surface area (Å²) in [6.07, 6.45) is 4.64. The highest BCUT2D eigenvalue weighted by Gasteiger charge is 2.30. The first kappa shape index (κ1) is 11.6. The highest BCUT2D eigenvalue weighted by molar-refractivity contribution is 7.89. The van der Waals surface area contributed by atoms with E-state index in [1.807, 2.05) is 0 Å². The van der Waals surface area contributed by atoms with E-state index in [-0.39, 0.29) is 17.4 Å². The number of nitrogens with one attached hydrogen (secondary N) is 1. The lowest BCUT2D eigenvalue weighted by molar-refractivity contribution is 0.155. The number of hydrogen-bond acceptors (Lipinski definition) is 3. The molecule has 0 aromatic carbocycles. The Bertz CT molecular complexity index is 462. The molecule has 1 aromatic heterocycles. The predicted octanol–water partition coefficient (Wildman–Crippen LogP) is 0.0743. The maximum atomic E-state index is 11.8. The van der Waals surface area contributed by atoms with Gasteiger partial charge < -0.3 is 9.67 Å². The number of aryl methyl sites for hydroxylation is 1. The van der Waals surface area contributed by atoms with Crippen LogP contribution in [0.15, 0.2) is 23.4 Å². The zero-order chi connectivity index (χ0) is 11.8. The van der Waals surface area contributed by atoms with Gasteiger partial charge in [-0.25, -0.2) is 13.1 Å². The van der Waals surface area contributed by atoms with Gasteiger partial charge in [-0.1, -0.05) is 0 Å². The molecule has 1 unspecified atom stereocenters. The van der Waals surface area contributed by atoms with Gasteiger partial charge in [-0.15, -0.1) is 0 Å². The van der Waals surface area contributed by atoms with Crippen molar-refractivity contribution in [2.45, 2.75) is 23.8 Å². The van der Waals surface area contributed by atoms with Crippen molar-refractivity contribution in [3.05, 3.63) is 18.5 Å². The van der Waals surface area contributed by atoms with Crippen molar-refractivity contribution in [2.75, 3.05) is 6.54 Å². The van der Waals surface area contributed by atoms with Crippen LogP contribution in [0.2, 0.25) is 0 Å². The maximum absolute atomic E-state index is 11.8. The van der Waals surface area contributed by atoms with E-state index in [9.17, 15) is 13.5 Å². The zero-order valence-electron chi connectivity index (χ0n) is 9.13. The smallest absolute Gasteiger partial charge is 0.242 e. The third-order valence-corrected chi connectivity index (χ3v) is 4.17. The Kier molecular flexibility index (Phi) is 3.05. The number of rotatable bonds is 5. The molecule has 2 N–H and O–H groups in total. The number of hydrogen-bond donors (Lipinski definition) is 2. The van der Waals surface area contributed by atoms with Crippen LogP contribution in [0.5, 0.6) is 0 Å². The first-order valence-corrected chi connectivity index (χ1v) is 6.77. The fourth-order valence-electron chi connectivity index (χ4n) is 1.56. The van der Waals surface area contributed by atoms with Gasteiger partial charge >= 0.3 is 0 Å². The summed E-state index contributed by atoms with van der Waals surface area (Å²) in [6, 6.07) is 1.53. The summed E-state index contributed by atoms with van der Waals surface area (Å²) >= 11 is 0. The normalized spacial score (nSPS) is 18.6. The molecule has 1 atom stereocenters. The molecular formula is C10H16N2O3S. The topological polar surface area (TPSA) is 71.3 Å². The van der Waals surface area contributed by atoms with Gasteiger partial charge in [0.05, 0.1) is 11.0 Å². The van der Waals surface area contributed by atoms with Crippen LogP contribution in [0.1, 0.15) is 12.8 Å². The number of aromatic nitrogens is 1. The fourth-order valence-corrected chi connectivity index (χ4v) is 2.66. The SMILES string of the molecule is Cn1ccc(S(=O)(=O)NCC(O)C2CC2)c1. The molecular weight excluding hydrogens is 228 g/mol. The van der Waals surface area contributed by atoms with Gasteiger partial charge in [0, 0.05) is 26.0 Å². The molecule has 0 radical (unpaired) electrons. The average molecular weight is 244 g/mol. The van der Waals surface area contributed by atoms with E-state index in [0.29, 0.717) is 0 Å². The van der Waals surface area contributed by atoms with Crippen molar-refractivity contribution >= 4 is 10.0 Å². The van der Waals surface area contributed by atoms with Crippen LogP contribution in [0.25, 0.3) is 0 Å². The van der Waals surface area contributed by atoms with Crippen LogP contribution in [-0.2, 0) is 17.1 Å². The summed E-state index contributed by atoms with van der Waals surface area (Å²) in [6.45, 7) is 0.0991. The molecule has 0 amide bonds. The summed E-state index contributed by atoms with van der Waals surface area (Å²) in [5.74, 6) is 0.276. The molecule has 0 saturated heterocycles. The van der Waals surface area contributed by atoms with E-state index >= 15 is 0 Å². The van der Waals surface area contributed by atoms with Gasteiger partial charge in [-0.2, -0.15) is 0 Å². The molecule has 2 rings (SSSR count). The Morgan fingerprint density at radius 3 is 2.81 bits per heavy atom. The van der Waals surface area contributed by atoms with E-state index in [2.05, 4.69) is 4.72 Å². The van der Waals surface area contributed by atoms with E-state index in [4.69, 9.17) is 0 Å². The summed E-state index contributed by atoms with van der Waals surface area (Å²) in [5, 5.41) is 9.57. The van der Waals surface area contributed by atoms with E-state index in [1.165, 1.54) is 12.3 Å². The van der Waals surface area contributed by atoms with Gasteiger partial charge in [-0.05, 0) is 24.8 Å². The Morgan fingerprint density at radius 1 is 1.62 bits per heavy atom. The van der Waals surface area contributed by atoms with E-state index in [0.717, 1.165) is 12.8 Å². The Labute approximate surface area is 95.1 Å². The lowest BCUT2D eigenvalue weighted by Crippen LogP contribution is -2.33. The third kappa shape index (κ3) is 2.63. The minimum Gasteiger partial charge on any atom is -0.391 e. The van der Waals surface area contributed by atoms with E-state index < -0.39 is 16.1 Å². The van der Waals surface area contributed by atoms with Gasteiger partial charge in [0.15, 0.2) is 0 Å². The minimum absolute atomic E-state index is 0.0991. The monoisotopic (exact) mass is 244 g/mol. The number of aliphatic hydroxyl groups excluding tert-OH is 1. The summed E-state index contributed by atoms with van der Waals surface area (Å²) < 4.78 is 27.6. The molecule has 1 aliphatic rings. The van der Waals surface area contributed by atoms with Crippen molar-refractivity contribution in [2.24, 2.45) is 13.0 Å². The second kappa shape index (κ2) is 4.20. The van der Waals surface area contributed by atoms with Crippen molar-refractivity contribution in [1.82, 2.24) is 9.29 Å². The van der Waals surface area contributed by atoms with Crippen LogP contribution in [0, 0.1) is 5.92 Å². The minimum atomic E-state index is -3.47. The maximum Gasteiger partial charge on any atom is 0.242 e. The molecule has 0 spiro atoms. The molecule has 1 fully saturated rings. The summed E-state index contributed by atoms with van der Waals surface area (Å²) in [7, 11) is -1.71. The fraction of sp³-hybridized carbons (Fsp3) is 0.600. The second-order valence-corrected chi connectivity index (χ2v) is 6.04. The summed E-state index contributed by atoms with van der Waals surface area (Å²) in [4.78, 5) is 0.234. The Balaban J connectivity index is 1.97. The van der Waals surface area contributed by atoms with Crippen molar-refractivity contribution in [3.63, 3.8) is 0 Å². The molecule has 0 bridgehead atoms. The number of aliphatic hydroxyl groups is 1. The van der Waals surface area contributed by atoms with Crippen molar-refractivity contribution < 1.29 is 13.5 Å². The van der Waals surface area contributed by atoms with Crippen LogP contribution in [0.4, 0.5) is 0 Å². The molecule has 5 nitrogen and oxygen atoms in total. The first-order chi connectivity index (χ1) is 7.49. The Hall–Kier alpha value is -0.850. The predicted molar refractivity (Wildman–Crippen MR) is 59.3 cm³/mol. The highest BCUT2D eigenvalue weighted by Crippen LogP contribution is 2.32. The van der Waals surface area contributed by atoms with Crippen LogP contribution in [-0.4, -0.2) is 30.7 Å². The van der Waals surface area contributed by atoms with Crippen LogP contribution < -0.4 is 4.72 Å². The van der Waals surface area contributed by atoms with Gasteiger partial charge in [0.1, 0.15) is 0 Å². The molecule has 6 heteroatoms. The molecule has 1 saturated carbocycles. The average Bonchev–Trinajstić information content (AvgIpc) is 2.98. The highest BCUT2D eigenvalue weighted by atomic mass is 32.2. The third-order valence-electron chi connectivity index (χ3n) is 2.76. The molecule has 1 aliphatic carbocycles. The number of sulfonamides is 1. The molecule has 16 heavy (non-hydrogen) atoms. The number of nitrogens with zero attached hydrogens (tertiary/aromatic N) is 1. The van der Waals surface area contributed by atoms with Gasteiger partial charge in [-0.3, -0.25) is 0 Å². The first-order valence-electron chi connectivity index (χ1n) is 5.29. The van der Waals surface area contributed by atoms with Crippen molar-refractivity contribution in [1.29, 1.82) is 0 Å². The lowest BCUT2D eigenvalue weighted by Gasteiger charge is -2.10. The van der Waals surface area contributed by atoms with Crippen molar-refractivity contribution in [3.8, 4) is 0 Å². The molecule has 1 aromatic rings. The quantitative estimate of drug-likeness (QED) is 0.770. The van der Waals surface area contributed by atoms with Gasteiger partial charge in [0.25, 0.3) is 0 Å². The largest absolute Gasteiger partial charge is 0.391 e.